The van der Waals surface area contributed by atoms with Crippen molar-refractivity contribution in [3.8, 4) is 0 Å². The van der Waals surface area contributed by atoms with Gasteiger partial charge in [0.2, 0.25) is 0 Å². The molecule has 0 aromatic rings. The molecule has 0 atom stereocenters. The maximum atomic E-state index is 12.3. The van der Waals surface area contributed by atoms with E-state index in [4.69, 9.17) is 11.6 Å². The van der Waals surface area contributed by atoms with Crippen LogP contribution < -0.4 is 0 Å². The summed E-state index contributed by atoms with van der Waals surface area (Å²) in [6.45, 7) is 3.57. The van der Waals surface area contributed by atoms with Crippen LogP contribution in [0.15, 0.2) is 10.9 Å². The highest BCUT2D eigenvalue weighted by molar-refractivity contribution is 6.29. The van der Waals surface area contributed by atoms with Gasteiger partial charge in [0.05, 0.1) is 0 Å². The predicted molar refractivity (Wildman–Crippen MR) is 34.6 cm³/mol. The third-order valence-corrected chi connectivity index (χ3v) is 1.39. The maximum Gasteiger partial charge on any atom is 0.114 e. The summed E-state index contributed by atoms with van der Waals surface area (Å²) in [4.78, 5) is 0. The molecule has 0 amide bonds. The lowest BCUT2D eigenvalue weighted by atomic mass is 10.3. The van der Waals surface area contributed by atoms with Crippen LogP contribution in [0, 0.1) is 0 Å². The zero-order chi connectivity index (χ0) is 6.57. The van der Waals surface area contributed by atoms with Gasteiger partial charge in [0.25, 0.3) is 0 Å². The van der Waals surface area contributed by atoms with Crippen molar-refractivity contribution in [1.82, 2.24) is 0 Å². The van der Waals surface area contributed by atoms with E-state index in [2.05, 4.69) is 0 Å². The van der Waals surface area contributed by atoms with E-state index in [-0.39, 0.29) is 5.83 Å². The summed E-state index contributed by atoms with van der Waals surface area (Å²) in [5, 5.41) is 0.354. The Labute approximate surface area is 54.3 Å². The van der Waals surface area contributed by atoms with E-state index in [0.29, 0.717) is 17.9 Å². The molecule has 0 rings (SSSR count). The molecule has 0 aliphatic carbocycles. The second kappa shape index (κ2) is 3.90. The van der Waals surface area contributed by atoms with Gasteiger partial charge in [-0.15, -0.1) is 0 Å². The van der Waals surface area contributed by atoms with Crippen molar-refractivity contribution in [2.45, 2.75) is 26.7 Å². The van der Waals surface area contributed by atoms with Crippen molar-refractivity contribution in [1.29, 1.82) is 0 Å². The van der Waals surface area contributed by atoms with E-state index in [1.54, 1.807) is 6.92 Å². The topological polar surface area (TPSA) is 0 Å². The highest BCUT2D eigenvalue weighted by Crippen LogP contribution is 2.16. The number of rotatable bonds is 2. The Bertz CT molecular complexity index is 84.7. The van der Waals surface area contributed by atoms with Crippen molar-refractivity contribution in [3.63, 3.8) is 0 Å². The highest BCUT2D eigenvalue weighted by Gasteiger charge is 1.95. The monoisotopic (exact) mass is 136 g/mol. The molecular formula is C6H10ClF. The van der Waals surface area contributed by atoms with Gasteiger partial charge in [0.15, 0.2) is 0 Å². The van der Waals surface area contributed by atoms with Crippen LogP contribution in [0.5, 0.6) is 0 Å². The maximum absolute atomic E-state index is 12.3. The molecule has 2 heteroatoms. The number of allylic oxidation sites excluding steroid dienone is 2. The lowest BCUT2D eigenvalue weighted by molar-refractivity contribution is 0.595. The summed E-state index contributed by atoms with van der Waals surface area (Å²) in [6, 6.07) is 0. The quantitative estimate of drug-likeness (QED) is 0.547. The van der Waals surface area contributed by atoms with Gasteiger partial charge in [0.1, 0.15) is 5.83 Å². The molecule has 0 saturated heterocycles. The Kier molecular flexibility index (Phi) is 3.88. The summed E-state index contributed by atoms with van der Waals surface area (Å²) in [7, 11) is 0. The van der Waals surface area contributed by atoms with Crippen LogP contribution in [-0.4, -0.2) is 0 Å². The normalized spacial score (nSPS) is 13.5. The predicted octanol–water partition coefficient (Wildman–Crippen LogP) is 3.23. The number of hydrogen-bond acceptors (Lipinski definition) is 0. The largest absolute Gasteiger partial charge is 0.211 e. The van der Waals surface area contributed by atoms with Gasteiger partial charge in [-0.3, -0.25) is 0 Å². The molecule has 0 aromatic heterocycles. The summed E-state index contributed by atoms with van der Waals surface area (Å²) < 4.78 is 12.3. The first kappa shape index (κ1) is 7.96. The van der Waals surface area contributed by atoms with Gasteiger partial charge in [0, 0.05) is 5.03 Å². The smallest absolute Gasteiger partial charge is 0.114 e. The fourth-order valence-electron chi connectivity index (χ4n) is 0.384. The molecule has 48 valence electrons. The highest BCUT2D eigenvalue weighted by atomic mass is 35.5. The van der Waals surface area contributed by atoms with E-state index in [9.17, 15) is 4.39 Å². The molecule has 0 bridgehead atoms. The van der Waals surface area contributed by atoms with Crippen LogP contribution in [0.3, 0.4) is 0 Å². The summed E-state index contributed by atoms with van der Waals surface area (Å²) in [6.07, 6.45) is 1.01. The molecule has 0 aliphatic rings. The first-order valence-electron chi connectivity index (χ1n) is 2.75. The van der Waals surface area contributed by atoms with Gasteiger partial charge in [-0.25, -0.2) is 4.39 Å². The van der Waals surface area contributed by atoms with Crippen LogP contribution in [0.2, 0.25) is 0 Å². The summed E-state index contributed by atoms with van der Waals surface area (Å²) >= 11 is 5.42. The molecule has 0 aliphatic heterocycles. The molecular weight excluding hydrogens is 127 g/mol. The van der Waals surface area contributed by atoms with Crippen molar-refractivity contribution >= 4 is 11.6 Å². The van der Waals surface area contributed by atoms with Gasteiger partial charge >= 0.3 is 0 Å². The van der Waals surface area contributed by atoms with Crippen molar-refractivity contribution < 1.29 is 4.39 Å². The van der Waals surface area contributed by atoms with Gasteiger partial charge in [-0.2, -0.15) is 0 Å². The van der Waals surface area contributed by atoms with Crippen LogP contribution >= 0.6 is 11.6 Å². The average Bonchev–Trinajstić information content (AvgIpc) is 1.84. The molecule has 0 N–H and O–H groups in total. The Hall–Kier alpha value is -0.0400. The Morgan fingerprint density at radius 2 is 1.88 bits per heavy atom. The second-order valence-corrected chi connectivity index (χ2v) is 1.97. The van der Waals surface area contributed by atoms with Crippen LogP contribution in [0.1, 0.15) is 26.7 Å². The molecule has 0 radical (unpaired) electrons. The minimum atomic E-state index is -0.186. The SMILES string of the molecule is CC/C(F)=C(\Cl)CC. The molecule has 0 unspecified atom stereocenters. The molecule has 0 aromatic carbocycles. The Morgan fingerprint density at radius 1 is 1.38 bits per heavy atom. The summed E-state index contributed by atoms with van der Waals surface area (Å²) in [5.74, 6) is -0.186. The van der Waals surface area contributed by atoms with Gasteiger partial charge < -0.3 is 0 Å². The standard InChI is InChI=1S/C6H10ClF/c1-3-5(7)6(8)4-2/h3-4H2,1-2H3/b6-5+. The van der Waals surface area contributed by atoms with E-state index in [1.165, 1.54) is 0 Å². The van der Waals surface area contributed by atoms with E-state index < -0.39 is 0 Å². The van der Waals surface area contributed by atoms with Crippen LogP contribution in [0.4, 0.5) is 4.39 Å². The Balaban J connectivity index is 3.83. The zero-order valence-electron chi connectivity index (χ0n) is 5.17. The Morgan fingerprint density at radius 3 is 2.00 bits per heavy atom. The second-order valence-electron chi connectivity index (χ2n) is 1.52. The molecule has 0 spiro atoms. The third-order valence-electron chi connectivity index (χ3n) is 0.915. The molecule has 8 heavy (non-hydrogen) atoms. The zero-order valence-corrected chi connectivity index (χ0v) is 5.93. The van der Waals surface area contributed by atoms with Gasteiger partial charge in [-0.05, 0) is 12.8 Å². The average molecular weight is 137 g/mol. The third kappa shape index (κ3) is 2.31. The van der Waals surface area contributed by atoms with E-state index in [1.807, 2.05) is 6.92 Å². The first-order chi connectivity index (χ1) is 3.72. The molecule has 0 fully saturated rings. The van der Waals surface area contributed by atoms with Gasteiger partial charge in [-0.1, -0.05) is 25.4 Å². The van der Waals surface area contributed by atoms with Crippen molar-refractivity contribution in [2.75, 3.05) is 0 Å². The summed E-state index contributed by atoms with van der Waals surface area (Å²) in [5.41, 5.74) is 0. The van der Waals surface area contributed by atoms with E-state index >= 15 is 0 Å². The number of hydrogen-bond donors (Lipinski definition) is 0. The number of halogens is 2. The minimum absolute atomic E-state index is 0.186. The molecule has 0 saturated carbocycles. The van der Waals surface area contributed by atoms with E-state index in [0.717, 1.165) is 0 Å². The van der Waals surface area contributed by atoms with Crippen LogP contribution in [-0.2, 0) is 0 Å². The lowest BCUT2D eigenvalue weighted by Gasteiger charge is -1.92. The fourth-order valence-corrected chi connectivity index (χ4v) is 0.517. The van der Waals surface area contributed by atoms with Crippen LogP contribution in [0.25, 0.3) is 0 Å². The molecule has 0 heterocycles. The fraction of sp³-hybridized carbons (Fsp3) is 0.667. The van der Waals surface area contributed by atoms with Crippen molar-refractivity contribution in [3.05, 3.63) is 10.9 Å². The molecule has 0 nitrogen and oxygen atoms in total. The first-order valence-corrected chi connectivity index (χ1v) is 3.13. The van der Waals surface area contributed by atoms with Crippen molar-refractivity contribution in [2.24, 2.45) is 0 Å². The minimum Gasteiger partial charge on any atom is -0.211 e. The lowest BCUT2D eigenvalue weighted by Crippen LogP contribution is -1.73.